The Kier molecular flexibility index (Phi) is 4.82. The maximum Gasteiger partial charge on any atom is 0.241 e. The van der Waals surface area contributed by atoms with Crippen LogP contribution in [-0.4, -0.2) is 40.0 Å². The molecule has 0 unspecified atom stereocenters. The lowest BCUT2D eigenvalue weighted by Crippen LogP contribution is -2.35. The average Bonchev–Trinajstić information content (AvgIpc) is 2.75. The summed E-state index contributed by atoms with van der Waals surface area (Å²) in [5, 5.41) is 3.05. The van der Waals surface area contributed by atoms with Crippen LogP contribution in [0.1, 0.15) is 20.8 Å². The summed E-state index contributed by atoms with van der Waals surface area (Å²) in [6.45, 7) is 8.65. The standard InChI is InChI=1S/C11H20N4O/c1-4-14(5-2)10(16)9-13-11-12-7-8-15(11)6-3/h7-8H,4-6,9H2,1-3H3,(H,12,13). The van der Waals surface area contributed by atoms with Gasteiger partial charge in [-0.25, -0.2) is 4.98 Å². The monoisotopic (exact) mass is 224 g/mol. The van der Waals surface area contributed by atoms with Crippen molar-refractivity contribution in [1.82, 2.24) is 14.5 Å². The van der Waals surface area contributed by atoms with Crippen LogP contribution in [0.2, 0.25) is 0 Å². The lowest BCUT2D eigenvalue weighted by molar-refractivity contribution is -0.128. The predicted molar refractivity (Wildman–Crippen MR) is 64.3 cm³/mol. The molecule has 1 rings (SSSR count). The van der Waals surface area contributed by atoms with Crippen LogP contribution in [0.4, 0.5) is 5.95 Å². The molecule has 0 aliphatic carbocycles. The van der Waals surface area contributed by atoms with Crippen molar-refractivity contribution < 1.29 is 4.79 Å². The Labute approximate surface area is 96.5 Å². The summed E-state index contributed by atoms with van der Waals surface area (Å²) < 4.78 is 1.97. The number of likely N-dealkylation sites (N-methyl/N-ethyl adjacent to an activating group) is 1. The second kappa shape index (κ2) is 6.15. The molecule has 0 saturated heterocycles. The number of carbonyl (C=O) groups is 1. The minimum Gasteiger partial charge on any atom is -0.347 e. The number of aryl methyl sites for hydroxylation is 1. The van der Waals surface area contributed by atoms with E-state index in [9.17, 15) is 4.79 Å². The molecule has 0 bridgehead atoms. The van der Waals surface area contributed by atoms with E-state index in [1.54, 1.807) is 11.1 Å². The molecular weight excluding hydrogens is 204 g/mol. The van der Waals surface area contributed by atoms with Gasteiger partial charge in [-0.1, -0.05) is 0 Å². The maximum absolute atomic E-state index is 11.7. The largest absolute Gasteiger partial charge is 0.347 e. The van der Waals surface area contributed by atoms with Crippen molar-refractivity contribution in [3.05, 3.63) is 12.4 Å². The first-order valence-corrected chi connectivity index (χ1v) is 5.75. The number of nitrogens with zero attached hydrogens (tertiary/aromatic N) is 3. The molecule has 0 atom stereocenters. The van der Waals surface area contributed by atoms with Crippen LogP contribution in [0.3, 0.4) is 0 Å². The first-order valence-electron chi connectivity index (χ1n) is 5.75. The SMILES string of the molecule is CCN(CC)C(=O)CNc1nccn1CC. The first kappa shape index (κ1) is 12.5. The van der Waals surface area contributed by atoms with Crippen molar-refractivity contribution in [3.8, 4) is 0 Å². The van der Waals surface area contributed by atoms with Gasteiger partial charge >= 0.3 is 0 Å². The molecule has 5 heteroatoms. The van der Waals surface area contributed by atoms with Crippen LogP contribution in [0.15, 0.2) is 12.4 Å². The Morgan fingerprint density at radius 3 is 2.69 bits per heavy atom. The normalized spacial score (nSPS) is 10.2. The molecule has 0 saturated carbocycles. The van der Waals surface area contributed by atoms with Crippen LogP contribution < -0.4 is 5.32 Å². The van der Waals surface area contributed by atoms with Gasteiger partial charge in [-0.2, -0.15) is 0 Å². The van der Waals surface area contributed by atoms with Crippen LogP contribution in [0, 0.1) is 0 Å². The van der Waals surface area contributed by atoms with Gasteiger partial charge in [0.1, 0.15) is 0 Å². The highest BCUT2D eigenvalue weighted by molar-refractivity contribution is 5.80. The molecule has 0 aliphatic heterocycles. The van der Waals surface area contributed by atoms with E-state index >= 15 is 0 Å². The lowest BCUT2D eigenvalue weighted by atomic mass is 10.4. The second-order valence-corrected chi connectivity index (χ2v) is 3.46. The number of aromatic nitrogens is 2. The summed E-state index contributed by atoms with van der Waals surface area (Å²) in [6.07, 6.45) is 3.62. The number of hydrogen-bond acceptors (Lipinski definition) is 3. The van der Waals surface area contributed by atoms with Gasteiger partial charge in [0.05, 0.1) is 6.54 Å². The number of imidazole rings is 1. The molecule has 0 radical (unpaired) electrons. The number of hydrogen-bond donors (Lipinski definition) is 1. The molecule has 1 N–H and O–H groups in total. The van der Waals surface area contributed by atoms with E-state index in [1.165, 1.54) is 0 Å². The number of carbonyl (C=O) groups excluding carboxylic acids is 1. The van der Waals surface area contributed by atoms with Gasteiger partial charge in [-0.3, -0.25) is 4.79 Å². The van der Waals surface area contributed by atoms with Gasteiger partial charge in [0.15, 0.2) is 0 Å². The lowest BCUT2D eigenvalue weighted by Gasteiger charge is -2.19. The fraction of sp³-hybridized carbons (Fsp3) is 0.636. The Morgan fingerprint density at radius 1 is 1.44 bits per heavy atom. The van der Waals surface area contributed by atoms with E-state index in [0.717, 1.165) is 25.6 Å². The molecule has 1 aromatic heterocycles. The van der Waals surface area contributed by atoms with Gasteiger partial charge in [0, 0.05) is 32.0 Å². The van der Waals surface area contributed by atoms with Crippen molar-refractivity contribution in [3.63, 3.8) is 0 Å². The zero-order valence-electron chi connectivity index (χ0n) is 10.2. The van der Waals surface area contributed by atoms with Gasteiger partial charge in [0.2, 0.25) is 11.9 Å². The summed E-state index contributed by atoms with van der Waals surface area (Å²) in [7, 11) is 0. The quantitative estimate of drug-likeness (QED) is 0.789. The van der Waals surface area contributed by atoms with Crippen LogP contribution in [-0.2, 0) is 11.3 Å². The molecule has 0 aliphatic rings. The predicted octanol–water partition coefficient (Wildman–Crippen LogP) is 1.18. The Balaban J connectivity index is 2.48. The highest BCUT2D eigenvalue weighted by Crippen LogP contribution is 2.03. The molecule has 1 aromatic rings. The highest BCUT2D eigenvalue weighted by Gasteiger charge is 2.09. The minimum absolute atomic E-state index is 0.107. The third-order valence-electron chi connectivity index (χ3n) is 2.57. The molecule has 1 heterocycles. The maximum atomic E-state index is 11.7. The van der Waals surface area contributed by atoms with Crippen molar-refractivity contribution in [2.45, 2.75) is 27.3 Å². The van der Waals surface area contributed by atoms with E-state index in [2.05, 4.69) is 10.3 Å². The van der Waals surface area contributed by atoms with Gasteiger partial charge in [0.25, 0.3) is 0 Å². The van der Waals surface area contributed by atoms with E-state index in [4.69, 9.17) is 0 Å². The van der Waals surface area contributed by atoms with Gasteiger partial charge < -0.3 is 14.8 Å². The van der Waals surface area contributed by atoms with Crippen molar-refractivity contribution in [1.29, 1.82) is 0 Å². The summed E-state index contributed by atoms with van der Waals surface area (Å²) in [5.74, 6) is 0.860. The smallest absolute Gasteiger partial charge is 0.241 e. The second-order valence-electron chi connectivity index (χ2n) is 3.46. The number of nitrogens with one attached hydrogen (secondary N) is 1. The number of amides is 1. The molecular formula is C11H20N4O. The van der Waals surface area contributed by atoms with Crippen LogP contribution >= 0.6 is 0 Å². The summed E-state index contributed by atoms with van der Waals surface area (Å²) >= 11 is 0. The molecule has 5 nitrogen and oxygen atoms in total. The van der Waals surface area contributed by atoms with Crippen molar-refractivity contribution in [2.24, 2.45) is 0 Å². The number of anilines is 1. The Bertz CT molecular complexity index is 330. The van der Waals surface area contributed by atoms with Crippen molar-refractivity contribution in [2.75, 3.05) is 25.0 Å². The average molecular weight is 224 g/mol. The third-order valence-corrected chi connectivity index (χ3v) is 2.57. The Hall–Kier alpha value is -1.52. The molecule has 0 fully saturated rings. The summed E-state index contributed by atoms with van der Waals surface area (Å²) in [6, 6.07) is 0. The third kappa shape index (κ3) is 2.98. The van der Waals surface area contributed by atoms with Crippen molar-refractivity contribution >= 4 is 11.9 Å². The van der Waals surface area contributed by atoms with E-state index in [-0.39, 0.29) is 5.91 Å². The Morgan fingerprint density at radius 2 is 2.12 bits per heavy atom. The fourth-order valence-electron chi connectivity index (χ4n) is 1.57. The van der Waals surface area contributed by atoms with Crippen LogP contribution in [0.5, 0.6) is 0 Å². The van der Waals surface area contributed by atoms with Gasteiger partial charge in [-0.15, -0.1) is 0 Å². The molecule has 0 spiro atoms. The van der Waals surface area contributed by atoms with Crippen LogP contribution in [0.25, 0.3) is 0 Å². The van der Waals surface area contributed by atoms with E-state index in [1.807, 2.05) is 31.5 Å². The topological polar surface area (TPSA) is 50.2 Å². The fourth-order valence-corrected chi connectivity index (χ4v) is 1.57. The summed E-state index contributed by atoms with van der Waals surface area (Å²) in [5.41, 5.74) is 0. The first-order chi connectivity index (χ1) is 7.72. The molecule has 0 aromatic carbocycles. The zero-order valence-corrected chi connectivity index (χ0v) is 10.2. The summed E-state index contributed by atoms with van der Waals surface area (Å²) in [4.78, 5) is 17.7. The minimum atomic E-state index is 0.107. The van der Waals surface area contributed by atoms with Gasteiger partial charge in [-0.05, 0) is 20.8 Å². The highest BCUT2D eigenvalue weighted by atomic mass is 16.2. The number of rotatable bonds is 6. The molecule has 16 heavy (non-hydrogen) atoms. The molecule has 90 valence electrons. The van der Waals surface area contributed by atoms with E-state index < -0.39 is 0 Å². The molecule has 1 amide bonds. The van der Waals surface area contributed by atoms with E-state index in [0.29, 0.717) is 6.54 Å². The zero-order chi connectivity index (χ0) is 12.0.